The maximum absolute atomic E-state index is 13.5. The third kappa shape index (κ3) is 4.85. The summed E-state index contributed by atoms with van der Waals surface area (Å²) in [5.74, 6) is 1.72. The lowest BCUT2D eigenvalue weighted by Gasteiger charge is -2.39. The van der Waals surface area contributed by atoms with E-state index in [0.29, 0.717) is 5.92 Å². The molecule has 2 fully saturated rings. The van der Waals surface area contributed by atoms with E-state index in [1.807, 2.05) is 47.3 Å². The van der Waals surface area contributed by atoms with Crippen molar-refractivity contribution in [3.8, 4) is 5.69 Å². The molecule has 1 atom stereocenters. The van der Waals surface area contributed by atoms with Gasteiger partial charge in [-0.05, 0) is 49.4 Å². The summed E-state index contributed by atoms with van der Waals surface area (Å²) in [6, 6.07) is 16.2. The lowest BCUT2D eigenvalue weighted by atomic mass is 9.96. The molecule has 5 rings (SSSR count). The summed E-state index contributed by atoms with van der Waals surface area (Å²) in [5, 5.41) is 4.57. The molecule has 1 amide bonds. The van der Waals surface area contributed by atoms with Gasteiger partial charge in [0.2, 0.25) is 0 Å². The third-order valence-corrected chi connectivity index (χ3v) is 7.10. The zero-order chi connectivity index (χ0) is 23.3. The molecule has 178 valence electrons. The van der Waals surface area contributed by atoms with E-state index in [-0.39, 0.29) is 5.91 Å². The van der Waals surface area contributed by atoms with Gasteiger partial charge in [0.15, 0.2) is 0 Å². The highest BCUT2D eigenvalue weighted by Crippen LogP contribution is 2.23. The molecule has 2 aliphatic heterocycles. The molecule has 2 aliphatic rings. The summed E-state index contributed by atoms with van der Waals surface area (Å²) in [6.07, 6.45) is 6.65. The molecule has 7 heteroatoms. The molecule has 0 aliphatic carbocycles. The Morgan fingerprint density at radius 1 is 1.00 bits per heavy atom. The number of hydrogen-bond donors (Lipinski definition) is 0. The fourth-order valence-electron chi connectivity index (χ4n) is 5.32. The molecule has 1 unspecified atom stereocenters. The number of para-hydroxylation sites is 1. The van der Waals surface area contributed by atoms with Crippen LogP contribution in [0.5, 0.6) is 0 Å². The molecule has 4 heterocycles. The van der Waals surface area contributed by atoms with Gasteiger partial charge in [0.25, 0.3) is 5.91 Å². The number of carbonyl (C=O) groups excluding carboxylic acids is 1. The minimum atomic E-state index is 0.128. The lowest BCUT2D eigenvalue weighted by Crippen LogP contribution is -2.50. The van der Waals surface area contributed by atoms with Gasteiger partial charge < -0.3 is 9.80 Å². The Bertz CT molecular complexity index is 1080. The Balaban J connectivity index is 1.20. The SMILES string of the molecule is CCc1c(C(=O)N2CCCC(CN3CCN(c4ccccn4)CC3)C2)cnn1-c1ccccc1. The van der Waals surface area contributed by atoms with Crippen LogP contribution < -0.4 is 4.90 Å². The maximum atomic E-state index is 13.5. The zero-order valence-corrected chi connectivity index (χ0v) is 20.0. The van der Waals surface area contributed by atoms with Crippen LogP contribution in [0.1, 0.15) is 35.8 Å². The first kappa shape index (κ1) is 22.6. The van der Waals surface area contributed by atoms with Gasteiger partial charge in [-0.1, -0.05) is 31.2 Å². The number of aromatic nitrogens is 3. The van der Waals surface area contributed by atoms with Crippen molar-refractivity contribution in [3.05, 3.63) is 72.2 Å². The van der Waals surface area contributed by atoms with Crippen LogP contribution in [-0.2, 0) is 6.42 Å². The molecule has 0 saturated carbocycles. The highest BCUT2D eigenvalue weighted by molar-refractivity contribution is 5.95. The van der Waals surface area contributed by atoms with Crippen molar-refractivity contribution in [2.75, 3.05) is 50.7 Å². The molecule has 1 aromatic carbocycles. The number of carbonyl (C=O) groups is 1. The minimum absolute atomic E-state index is 0.128. The number of anilines is 1. The normalized spacial score (nSPS) is 19.4. The second-order valence-electron chi connectivity index (χ2n) is 9.34. The van der Waals surface area contributed by atoms with E-state index < -0.39 is 0 Å². The lowest BCUT2D eigenvalue weighted by molar-refractivity contribution is 0.0636. The van der Waals surface area contributed by atoms with Crippen molar-refractivity contribution >= 4 is 11.7 Å². The first-order valence-electron chi connectivity index (χ1n) is 12.5. The molecule has 0 bridgehead atoms. The number of hydrogen-bond acceptors (Lipinski definition) is 5. The van der Waals surface area contributed by atoms with Gasteiger partial charge in [-0.25, -0.2) is 9.67 Å². The number of piperazine rings is 1. The van der Waals surface area contributed by atoms with Crippen molar-refractivity contribution in [1.82, 2.24) is 24.6 Å². The van der Waals surface area contributed by atoms with Gasteiger partial charge in [0.05, 0.1) is 23.1 Å². The van der Waals surface area contributed by atoms with Crippen LogP contribution in [0.3, 0.4) is 0 Å². The Hall–Kier alpha value is -3.19. The average molecular weight is 459 g/mol. The van der Waals surface area contributed by atoms with E-state index in [9.17, 15) is 4.79 Å². The second kappa shape index (κ2) is 10.4. The highest BCUT2D eigenvalue weighted by Gasteiger charge is 2.29. The van der Waals surface area contributed by atoms with Crippen LogP contribution in [0, 0.1) is 5.92 Å². The van der Waals surface area contributed by atoms with Crippen molar-refractivity contribution in [2.24, 2.45) is 5.92 Å². The van der Waals surface area contributed by atoms with Gasteiger partial charge in [0.1, 0.15) is 5.82 Å². The molecule has 0 radical (unpaired) electrons. The number of likely N-dealkylation sites (tertiary alicyclic amines) is 1. The number of benzene rings is 1. The van der Waals surface area contributed by atoms with Crippen LogP contribution >= 0.6 is 0 Å². The number of nitrogens with zero attached hydrogens (tertiary/aromatic N) is 6. The predicted molar refractivity (Wildman–Crippen MR) is 134 cm³/mol. The van der Waals surface area contributed by atoms with Gasteiger partial charge >= 0.3 is 0 Å². The summed E-state index contributed by atoms with van der Waals surface area (Å²) < 4.78 is 1.91. The first-order valence-corrected chi connectivity index (χ1v) is 12.5. The molecule has 0 spiro atoms. The van der Waals surface area contributed by atoms with E-state index in [1.54, 1.807) is 6.20 Å². The van der Waals surface area contributed by atoms with Crippen molar-refractivity contribution in [2.45, 2.75) is 26.2 Å². The van der Waals surface area contributed by atoms with Crippen molar-refractivity contribution in [1.29, 1.82) is 0 Å². The zero-order valence-electron chi connectivity index (χ0n) is 20.0. The van der Waals surface area contributed by atoms with E-state index in [0.717, 1.165) is 81.4 Å². The summed E-state index contributed by atoms with van der Waals surface area (Å²) in [7, 11) is 0. The van der Waals surface area contributed by atoms with Gasteiger partial charge in [-0.3, -0.25) is 9.69 Å². The van der Waals surface area contributed by atoms with E-state index >= 15 is 0 Å². The van der Waals surface area contributed by atoms with E-state index in [1.165, 1.54) is 6.42 Å². The summed E-state index contributed by atoms with van der Waals surface area (Å²) in [5.41, 5.74) is 2.74. The first-order chi connectivity index (χ1) is 16.7. The smallest absolute Gasteiger partial charge is 0.257 e. The monoisotopic (exact) mass is 458 g/mol. The summed E-state index contributed by atoms with van der Waals surface area (Å²) >= 11 is 0. The third-order valence-electron chi connectivity index (χ3n) is 7.10. The van der Waals surface area contributed by atoms with Gasteiger partial charge in [-0.15, -0.1) is 0 Å². The molecule has 34 heavy (non-hydrogen) atoms. The Labute approximate surface area is 202 Å². The van der Waals surface area contributed by atoms with Crippen LogP contribution in [0.2, 0.25) is 0 Å². The predicted octanol–water partition coefficient (Wildman–Crippen LogP) is 3.50. The number of amides is 1. The quantitative estimate of drug-likeness (QED) is 0.566. The molecular weight excluding hydrogens is 424 g/mol. The number of pyridine rings is 1. The van der Waals surface area contributed by atoms with Crippen LogP contribution in [0.15, 0.2) is 60.9 Å². The van der Waals surface area contributed by atoms with E-state index in [4.69, 9.17) is 0 Å². The summed E-state index contributed by atoms with van der Waals surface area (Å²) in [4.78, 5) is 25.0. The maximum Gasteiger partial charge on any atom is 0.257 e. The van der Waals surface area contributed by atoms with E-state index in [2.05, 4.69) is 43.8 Å². The number of rotatable bonds is 6. The molecule has 0 N–H and O–H groups in total. The second-order valence-corrected chi connectivity index (χ2v) is 9.34. The molecule has 7 nitrogen and oxygen atoms in total. The molecule has 2 aromatic heterocycles. The average Bonchev–Trinajstić information content (AvgIpc) is 3.34. The standard InChI is InChI=1S/C27H34N6O/c1-2-25-24(19-29-33(25)23-10-4-3-5-11-23)27(34)32-14-8-9-22(21-32)20-30-15-17-31(18-16-30)26-12-6-7-13-28-26/h3-7,10-13,19,22H,2,8-9,14-18,20-21H2,1H3. The van der Waals surface area contributed by atoms with Crippen molar-refractivity contribution in [3.63, 3.8) is 0 Å². The summed E-state index contributed by atoms with van der Waals surface area (Å²) in [6.45, 7) is 8.92. The largest absolute Gasteiger partial charge is 0.354 e. The van der Waals surface area contributed by atoms with Gasteiger partial charge in [-0.2, -0.15) is 5.10 Å². The molecule has 3 aromatic rings. The Kier molecular flexibility index (Phi) is 6.90. The van der Waals surface area contributed by atoms with Gasteiger partial charge in [0, 0.05) is 52.0 Å². The fraction of sp³-hybridized carbons (Fsp3) is 0.444. The minimum Gasteiger partial charge on any atom is -0.354 e. The molecule has 2 saturated heterocycles. The Morgan fingerprint density at radius 2 is 1.79 bits per heavy atom. The van der Waals surface area contributed by atoms with Crippen LogP contribution in [0.25, 0.3) is 5.69 Å². The van der Waals surface area contributed by atoms with Crippen LogP contribution in [-0.4, -0.2) is 76.3 Å². The molecular formula is C27H34N6O. The Morgan fingerprint density at radius 3 is 2.53 bits per heavy atom. The topological polar surface area (TPSA) is 57.5 Å². The van der Waals surface area contributed by atoms with Crippen LogP contribution in [0.4, 0.5) is 5.82 Å². The fourth-order valence-corrected chi connectivity index (χ4v) is 5.32. The number of piperidine rings is 1. The van der Waals surface area contributed by atoms with Crippen molar-refractivity contribution < 1.29 is 4.79 Å². The highest BCUT2D eigenvalue weighted by atomic mass is 16.2.